The third-order valence-corrected chi connectivity index (χ3v) is 3.32. The molecule has 7 heteroatoms. The number of halogens is 1. The van der Waals surface area contributed by atoms with Gasteiger partial charge in [-0.1, -0.05) is 12.8 Å². The van der Waals surface area contributed by atoms with E-state index < -0.39 is 6.29 Å². The highest BCUT2D eigenvalue weighted by Crippen LogP contribution is 2.26. The zero-order valence-electron chi connectivity index (χ0n) is 8.88. The molecule has 1 aromatic heterocycles. The van der Waals surface area contributed by atoms with Crippen LogP contribution in [0.25, 0.3) is 0 Å². The van der Waals surface area contributed by atoms with E-state index in [1.54, 1.807) is 13.0 Å². The molecule has 2 heterocycles. The first-order valence-electron chi connectivity index (χ1n) is 4.72. The number of hydrogen-bond acceptors (Lipinski definition) is 6. The highest BCUT2D eigenvalue weighted by molar-refractivity contribution is 9.10. The van der Waals surface area contributed by atoms with Crippen molar-refractivity contribution in [3.05, 3.63) is 33.8 Å². The molecule has 0 spiro atoms. The molecule has 0 aromatic carbocycles. The summed E-state index contributed by atoms with van der Waals surface area (Å²) in [6.07, 6.45) is 0.898. The van der Waals surface area contributed by atoms with Crippen molar-refractivity contribution in [3.63, 3.8) is 0 Å². The quantitative estimate of drug-likeness (QED) is 0.778. The highest BCUT2D eigenvalue weighted by atomic mass is 79.9. The zero-order chi connectivity index (χ0) is 12.6. The van der Waals surface area contributed by atoms with Gasteiger partial charge in [0.1, 0.15) is 23.6 Å². The molecule has 0 amide bonds. The van der Waals surface area contributed by atoms with E-state index in [4.69, 9.17) is 15.4 Å². The van der Waals surface area contributed by atoms with Gasteiger partial charge < -0.3 is 4.42 Å². The predicted octanol–water partition coefficient (Wildman–Crippen LogP) is 2.03. The van der Waals surface area contributed by atoms with Crippen molar-refractivity contribution in [2.45, 2.75) is 13.2 Å². The number of nitrogens with zero attached hydrogens (tertiary/aromatic N) is 3. The largest absolute Gasteiger partial charge is 0.461 e. The van der Waals surface area contributed by atoms with Gasteiger partial charge in [0.05, 0.1) is 4.47 Å². The van der Waals surface area contributed by atoms with Crippen molar-refractivity contribution >= 4 is 34.5 Å². The Morgan fingerprint density at radius 1 is 1.71 bits per heavy atom. The van der Waals surface area contributed by atoms with Gasteiger partial charge >= 0.3 is 0 Å². The Kier molecular flexibility index (Phi) is 3.28. The average molecular weight is 313 g/mol. The Bertz CT molecular complexity index is 557. The lowest BCUT2D eigenvalue weighted by atomic mass is 10.1. The van der Waals surface area contributed by atoms with E-state index >= 15 is 0 Å². The van der Waals surface area contributed by atoms with Gasteiger partial charge in [-0.05, 0) is 22.9 Å². The van der Waals surface area contributed by atoms with Gasteiger partial charge in [-0.15, -0.1) is 0 Å². The standard InChI is InChI=1S/C10H9BrN4OS/c1-5-7(3-12)9(14-10(13)15(5)17)8-2-6(11)4-16-8/h2,4,10,17H,13H2,1H3. The average Bonchev–Trinajstić information content (AvgIpc) is 2.72. The molecular weight excluding hydrogens is 304 g/mol. The minimum atomic E-state index is -0.630. The minimum Gasteiger partial charge on any atom is -0.461 e. The van der Waals surface area contributed by atoms with Crippen LogP contribution in [-0.4, -0.2) is 16.3 Å². The molecular formula is C10H9BrN4OS. The molecule has 1 aliphatic heterocycles. The van der Waals surface area contributed by atoms with Crippen molar-refractivity contribution in [2.75, 3.05) is 0 Å². The number of nitrogens with two attached hydrogens (primary N) is 1. The van der Waals surface area contributed by atoms with Crippen LogP contribution >= 0.6 is 28.7 Å². The molecule has 1 aliphatic rings. The molecule has 0 fully saturated rings. The van der Waals surface area contributed by atoms with E-state index in [0.29, 0.717) is 22.7 Å². The Hall–Kier alpha value is -1.23. The molecule has 1 aromatic rings. The van der Waals surface area contributed by atoms with Crippen LogP contribution in [0.4, 0.5) is 0 Å². The lowest BCUT2D eigenvalue weighted by Crippen LogP contribution is -2.38. The maximum atomic E-state index is 9.16. The number of rotatable bonds is 1. The van der Waals surface area contributed by atoms with E-state index in [-0.39, 0.29) is 0 Å². The Balaban J connectivity index is 2.53. The van der Waals surface area contributed by atoms with Crippen molar-refractivity contribution < 1.29 is 4.42 Å². The summed E-state index contributed by atoms with van der Waals surface area (Å²) >= 11 is 7.45. The number of aliphatic imine (C=N–C) groups is 1. The molecule has 0 saturated heterocycles. The molecule has 0 bridgehead atoms. The van der Waals surface area contributed by atoms with Crippen LogP contribution in [0.2, 0.25) is 0 Å². The maximum Gasteiger partial charge on any atom is 0.183 e. The topological polar surface area (TPSA) is 78.5 Å². The number of nitriles is 1. The van der Waals surface area contributed by atoms with Crippen LogP contribution in [0.3, 0.4) is 0 Å². The lowest BCUT2D eigenvalue weighted by Gasteiger charge is -2.28. The lowest BCUT2D eigenvalue weighted by molar-refractivity contribution is 0.435. The van der Waals surface area contributed by atoms with Crippen LogP contribution in [0, 0.1) is 11.3 Å². The molecule has 17 heavy (non-hydrogen) atoms. The van der Waals surface area contributed by atoms with Crippen LogP contribution in [0.15, 0.2) is 37.5 Å². The van der Waals surface area contributed by atoms with Crippen molar-refractivity contribution in [2.24, 2.45) is 10.7 Å². The summed E-state index contributed by atoms with van der Waals surface area (Å²) in [4.78, 5) is 4.20. The molecule has 1 atom stereocenters. The summed E-state index contributed by atoms with van der Waals surface area (Å²) in [6, 6.07) is 3.83. The number of hydrogen-bond donors (Lipinski definition) is 2. The Labute approximate surface area is 112 Å². The minimum absolute atomic E-state index is 0.406. The van der Waals surface area contributed by atoms with Gasteiger partial charge in [0.15, 0.2) is 12.0 Å². The molecule has 88 valence electrons. The molecule has 5 nitrogen and oxygen atoms in total. The molecule has 0 aliphatic carbocycles. The first-order chi connectivity index (χ1) is 8.04. The Morgan fingerprint density at radius 2 is 2.41 bits per heavy atom. The van der Waals surface area contributed by atoms with Crippen molar-refractivity contribution in [1.82, 2.24) is 4.31 Å². The zero-order valence-corrected chi connectivity index (χ0v) is 11.4. The monoisotopic (exact) mass is 312 g/mol. The molecule has 0 radical (unpaired) electrons. The summed E-state index contributed by atoms with van der Waals surface area (Å²) < 4.78 is 7.53. The fourth-order valence-corrected chi connectivity index (χ4v) is 1.95. The van der Waals surface area contributed by atoms with Gasteiger partial charge in [-0.2, -0.15) is 5.26 Å². The second-order valence-electron chi connectivity index (χ2n) is 3.44. The smallest absolute Gasteiger partial charge is 0.183 e. The summed E-state index contributed by atoms with van der Waals surface area (Å²) in [5.74, 6) is 0.504. The molecule has 2 N–H and O–H groups in total. The van der Waals surface area contributed by atoms with Gasteiger partial charge in [0.25, 0.3) is 0 Å². The van der Waals surface area contributed by atoms with Gasteiger partial charge in [-0.25, -0.2) is 4.99 Å². The maximum absolute atomic E-state index is 9.16. The van der Waals surface area contributed by atoms with Crippen LogP contribution in [-0.2, 0) is 0 Å². The Morgan fingerprint density at radius 3 is 2.94 bits per heavy atom. The summed E-state index contributed by atoms with van der Waals surface area (Å²) in [5, 5.41) is 9.16. The van der Waals surface area contributed by atoms with Gasteiger partial charge in [-0.3, -0.25) is 10.0 Å². The predicted molar refractivity (Wildman–Crippen MR) is 70.1 cm³/mol. The van der Waals surface area contributed by atoms with E-state index in [9.17, 15) is 0 Å². The molecule has 2 rings (SSSR count). The van der Waals surface area contributed by atoms with Gasteiger partial charge in [0.2, 0.25) is 0 Å². The SMILES string of the molecule is CC1=C(C#N)C(c2cc(Br)co2)=NC(N)N1S. The summed E-state index contributed by atoms with van der Waals surface area (Å²) in [5.41, 5.74) is 7.30. The molecule has 0 saturated carbocycles. The number of furan rings is 1. The normalized spacial score (nSPS) is 20.3. The molecule has 1 unspecified atom stereocenters. The highest BCUT2D eigenvalue weighted by Gasteiger charge is 2.26. The van der Waals surface area contributed by atoms with E-state index in [0.717, 1.165) is 4.47 Å². The summed E-state index contributed by atoms with van der Waals surface area (Å²) in [7, 11) is 0. The fourth-order valence-electron chi connectivity index (χ4n) is 1.49. The van der Waals surface area contributed by atoms with E-state index in [2.05, 4.69) is 39.8 Å². The van der Waals surface area contributed by atoms with Crippen molar-refractivity contribution in [3.8, 4) is 6.07 Å². The second kappa shape index (κ2) is 4.56. The fraction of sp³-hybridized carbons (Fsp3) is 0.200. The van der Waals surface area contributed by atoms with Crippen molar-refractivity contribution in [1.29, 1.82) is 5.26 Å². The van der Waals surface area contributed by atoms with Crippen LogP contribution in [0.1, 0.15) is 12.7 Å². The van der Waals surface area contributed by atoms with E-state index in [1.165, 1.54) is 10.6 Å². The summed E-state index contributed by atoms with van der Waals surface area (Å²) in [6.45, 7) is 1.76. The first-order valence-corrected chi connectivity index (χ1v) is 5.91. The third kappa shape index (κ3) is 2.11. The van der Waals surface area contributed by atoms with E-state index in [1.807, 2.05) is 0 Å². The van der Waals surface area contributed by atoms with Gasteiger partial charge in [0, 0.05) is 11.8 Å². The second-order valence-corrected chi connectivity index (χ2v) is 4.78. The van der Waals surface area contributed by atoms with Crippen LogP contribution < -0.4 is 5.73 Å². The number of allylic oxidation sites excluding steroid dienone is 2. The number of thiol groups is 1. The van der Waals surface area contributed by atoms with Crippen LogP contribution in [0.5, 0.6) is 0 Å². The first kappa shape index (κ1) is 12.2. The third-order valence-electron chi connectivity index (χ3n) is 2.37.